The molecule has 32 heavy (non-hydrogen) atoms. The molecular weight excluding hydrogens is 426 g/mol. The van der Waals surface area contributed by atoms with E-state index < -0.39 is 11.9 Å². The molecule has 160 valence electrons. The number of aromatic carboxylic acids is 2. The molecule has 4 rings (SSSR count). The highest BCUT2D eigenvalue weighted by atomic mass is 32.1. The molecule has 0 saturated heterocycles. The first-order chi connectivity index (χ1) is 15.5. The van der Waals surface area contributed by atoms with E-state index in [1.165, 1.54) is 0 Å². The minimum absolute atomic E-state index is 0.248. The van der Waals surface area contributed by atoms with E-state index in [1.807, 2.05) is 41.8 Å². The molecule has 0 fully saturated rings. The monoisotopic (exact) mass is 445 g/mol. The fourth-order valence-electron chi connectivity index (χ4n) is 3.10. The Morgan fingerprint density at radius 1 is 0.781 bits per heavy atom. The number of ether oxygens (including phenoxy) is 1. The van der Waals surface area contributed by atoms with Gasteiger partial charge in [-0.3, -0.25) is 0 Å². The largest absolute Gasteiger partial charge is 0.489 e. The van der Waals surface area contributed by atoms with Crippen molar-refractivity contribution >= 4 is 23.3 Å². The second-order valence-corrected chi connectivity index (χ2v) is 8.06. The summed E-state index contributed by atoms with van der Waals surface area (Å²) in [4.78, 5) is 26.6. The van der Waals surface area contributed by atoms with Crippen LogP contribution in [0, 0.1) is 0 Å². The second-order valence-electron chi connectivity index (χ2n) is 7.12. The van der Waals surface area contributed by atoms with Gasteiger partial charge in [0.1, 0.15) is 12.4 Å². The molecule has 2 N–H and O–H groups in total. The number of benzene rings is 3. The lowest BCUT2D eigenvalue weighted by molar-refractivity contribution is 0.0686. The molecular formula is C25H19NO5S. The number of carbonyl (C=O) groups is 2. The van der Waals surface area contributed by atoms with Gasteiger partial charge in [0.25, 0.3) is 0 Å². The molecule has 4 aromatic rings. The Hall–Kier alpha value is -3.97. The lowest BCUT2D eigenvalue weighted by Gasteiger charge is -2.07. The quantitative estimate of drug-likeness (QED) is 0.378. The van der Waals surface area contributed by atoms with Crippen molar-refractivity contribution in [3.63, 3.8) is 0 Å². The normalized spacial score (nSPS) is 10.6. The van der Waals surface area contributed by atoms with Crippen molar-refractivity contribution in [3.8, 4) is 17.0 Å². The first-order valence-corrected chi connectivity index (χ1v) is 10.7. The Bertz CT molecular complexity index is 1230. The van der Waals surface area contributed by atoms with Crippen LogP contribution < -0.4 is 4.74 Å². The molecule has 7 heteroatoms. The van der Waals surface area contributed by atoms with Crippen molar-refractivity contribution in [2.24, 2.45) is 0 Å². The third-order valence-corrected chi connectivity index (χ3v) is 5.71. The maximum Gasteiger partial charge on any atom is 0.335 e. The second kappa shape index (κ2) is 9.45. The van der Waals surface area contributed by atoms with Gasteiger partial charge < -0.3 is 14.9 Å². The maximum atomic E-state index is 11.0. The zero-order valence-electron chi connectivity index (χ0n) is 16.9. The minimum atomic E-state index is -0.950. The lowest BCUT2D eigenvalue weighted by atomic mass is 10.1. The van der Waals surface area contributed by atoms with Crippen molar-refractivity contribution < 1.29 is 24.5 Å². The van der Waals surface area contributed by atoms with Gasteiger partial charge in [-0.2, -0.15) is 0 Å². The lowest BCUT2D eigenvalue weighted by Crippen LogP contribution is -1.98. The van der Waals surface area contributed by atoms with Gasteiger partial charge in [0, 0.05) is 17.4 Å². The topological polar surface area (TPSA) is 96.7 Å². The van der Waals surface area contributed by atoms with Gasteiger partial charge in [0.05, 0.1) is 21.8 Å². The maximum absolute atomic E-state index is 11.0. The van der Waals surface area contributed by atoms with Crippen LogP contribution in [0.1, 0.15) is 36.9 Å². The number of carboxylic acids is 2. The molecule has 1 heterocycles. The highest BCUT2D eigenvalue weighted by molar-refractivity contribution is 7.10. The number of thiazole rings is 1. The Kier molecular flexibility index (Phi) is 6.28. The van der Waals surface area contributed by atoms with Crippen molar-refractivity contribution in [2.45, 2.75) is 13.0 Å². The average Bonchev–Trinajstić information content (AvgIpc) is 3.27. The van der Waals surface area contributed by atoms with Gasteiger partial charge in [-0.05, 0) is 59.7 Å². The van der Waals surface area contributed by atoms with Crippen molar-refractivity contribution in [3.05, 3.63) is 105 Å². The van der Waals surface area contributed by atoms with E-state index in [9.17, 15) is 9.59 Å². The molecule has 0 aliphatic carbocycles. The first kappa shape index (κ1) is 21.3. The molecule has 0 radical (unpaired) electrons. The molecule has 0 aliphatic heterocycles. The smallest absolute Gasteiger partial charge is 0.335 e. The zero-order valence-corrected chi connectivity index (χ0v) is 17.7. The molecule has 0 amide bonds. The summed E-state index contributed by atoms with van der Waals surface area (Å²) < 4.78 is 5.79. The summed E-state index contributed by atoms with van der Waals surface area (Å²) in [6, 6.07) is 21.1. The van der Waals surface area contributed by atoms with Crippen LogP contribution in [0.2, 0.25) is 0 Å². The Morgan fingerprint density at radius 3 is 1.91 bits per heavy atom. The van der Waals surface area contributed by atoms with E-state index in [4.69, 9.17) is 19.9 Å². The summed E-state index contributed by atoms with van der Waals surface area (Å²) in [5.41, 5.74) is 4.27. The van der Waals surface area contributed by atoms with Gasteiger partial charge in [0.2, 0.25) is 0 Å². The van der Waals surface area contributed by atoms with Gasteiger partial charge in [-0.1, -0.05) is 24.3 Å². The molecule has 3 aromatic carbocycles. The molecule has 0 unspecified atom stereocenters. The predicted octanol–water partition coefficient (Wildman–Crippen LogP) is 5.38. The van der Waals surface area contributed by atoms with Crippen LogP contribution >= 0.6 is 11.3 Å². The summed E-state index contributed by atoms with van der Waals surface area (Å²) >= 11 is 1.56. The van der Waals surface area contributed by atoms with Crippen LogP contribution in [0.4, 0.5) is 0 Å². The minimum Gasteiger partial charge on any atom is -0.489 e. The van der Waals surface area contributed by atoms with E-state index in [0.29, 0.717) is 18.8 Å². The summed E-state index contributed by atoms with van der Waals surface area (Å²) in [5.74, 6) is -1.17. The molecule has 0 saturated carbocycles. The highest BCUT2D eigenvalue weighted by Gasteiger charge is 2.08. The van der Waals surface area contributed by atoms with Gasteiger partial charge in [0.15, 0.2) is 0 Å². The van der Waals surface area contributed by atoms with Gasteiger partial charge in [-0.15, -0.1) is 11.3 Å². The van der Waals surface area contributed by atoms with Crippen LogP contribution in [0.3, 0.4) is 0 Å². The van der Waals surface area contributed by atoms with Gasteiger partial charge in [-0.25, -0.2) is 14.6 Å². The van der Waals surface area contributed by atoms with Gasteiger partial charge >= 0.3 is 11.9 Å². The molecule has 1 aromatic heterocycles. The predicted molar refractivity (Wildman–Crippen MR) is 121 cm³/mol. The Labute approximate surface area is 188 Å². The Balaban J connectivity index is 1.36. The van der Waals surface area contributed by atoms with Crippen molar-refractivity contribution in [1.82, 2.24) is 4.98 Å². The van der Waals surface area contributed by atoms with Crippen LogP contribution in [-0.4, -0.2) is 27.1 Å². The van der Waals surface area contributed by atoms with E-state index in [2.05, 4.69) is 0 Å². The number of nitrogens with zero attached hydrogens (tertiary/aromatic N) is 1. The molecule has 0 bridgehead atoms. The summed E-state index contributed by atoms with van der Waals surface area (Å²) in [7, 11) is 0. The summed E-state index contributed by atoms with van der Waals surface area (Å²) in [6.07, 6.45) is 0.645. The third kappa shape index (κ3) is 5.19. The fourth-order valence-corrected chi connectivity index (χ4v) is 3.93. The number of hydrogen-bond acceptors (Lipinski definition) is 5. The standard InChI is InChI=1S/C25H19NO5S/c27-24(28)19-5-1-16(2-6-19)13-23-26-22(15-32-23)18-9-11-21(12-10-18)31-14-17-3-7-20(8-4-17)25(29)30/h1-12,15H,13-14H2,(H,27,28)(H,29,30). The SMILES string of the molecule is O=C(O)c1ccc(COc2ccc(-c3csc(Cc4ccc(C(=O)O)cc4)n3)cc2)cc1. The van der Waals surface area contributed by atoms with E-state index in [-0.39, 0.29) is 11.1 Å². The number of rotatable bonds is 8. The summed E-state index contributed by atoms with van der Waals surface area (Å²) in [5, 5.41) is 20.9. The Morgan fingerprint density at radius 2 is 1.34 bits per heavy atom. The average molecular weight is 445 g/mol. The molecule has 0 spiro atoms. The molecule has 0 atom stereocenters. The number of hydrogen-bond donors (Lipinski definition) is 2. The van der Waals surface area contributed by atoms with Crippen LogP contribution in [-0.2, 0) is 13.0 Å². The fraction of sp³-hybridized carbons (Fsp3) is 0.0800. The third-order valence-electron chi connectivity index (χ3n) is 4.86. The van der Waals surface area contributed by atoms with E-state index in [1.54, 1.807) is 47.7 Å². The zero-order chi connectivity index (χ0) is 22.5. The number of aromatic nitrogens is 1. The van der Waals surface area contributed by atoms with Crippen LogP contribution in [0.15, 0.2) is 78.2 Å². The first-order valence-electron chi connectivity index (χ1n) is 9.80. The molecule has 6 nitrogen and oxygen atoms in total. The van der Waals surface area contributed by atoms with E-state index in [0.717, 1.165) is 27.4 Å². The molecule has 0 aliphatic rings. The number of carboxylic acid groups (broad SMARTS) is 2. The van der Waals surface area contributed by atoms with Crippen molar-refractivity contribution in [2.75, 3.05) is 0 Å². The van der Waals surface area contributed by atoms with Crippen molar-refractivity contribution in [1.29, 1.82) is 0 Å². The highest BCUT2D eigenvalue weighted by Crippen LogP contribution is 2.26. The van der Waals surface area contributed by atoms with Crippen LogP contribution in [0.25, 0.3) is 11.3 Å². The van der Waals surface area contributed by atoms with E-state index >= 15 is 0 Å². The van der Waals surface area contributed by atoms with Crippen LogP contribution in [0.5, 0.6) is 5.75 Å². The summed E-state index contributed by atoms with van der Waals surface area (Å²) in [6.45, 7) is 0.348.